The fourth-order valence-electron chi connectivity index (χ4n) is 1.16. The van der Waals surface area contributed by atoms with E-state index in [1.807, 2.05) is 0 Å². The predicted octanol–water partition coefficient (Wildman–Crippen LogP) is 3.18. The summed E-state index contributed by atoms with van der Waals surface area (Å²) >= 11 is 5.24. The minimum atomic E-state index is -5.04. The third-order valence-corrected chi connectivity index (χ3v) is 1.96. The van der Waals surface area contributed by atoms with E-state index in [4.69, 9.17) is 16.7 Å². The molecule has 0 unspecified atom stereocenters. The van der Waals surface area contributed by atoms with E-state index in [0.717, 1.165) is 6.07 Å². The fourth-order valence-corrected chi connectivity index (χ4v) is 1.38. The minimum absolute atomic E-state index is 0.581. The Morgan fingerprint density at radius 3 is 2.31 bits per heavy atom. The van der Waals surface area contributed by atoms with Crippen LogP contribution in [0.1, 0.15) is 23.2 Å². The van der Waals surface area contributed by atoms with Gasteiger partial charge in [-0.15, -0.1) is 0 Å². The lowest BCUT2D eigenvalue weighted by atomic mass is 10.1. The first-order valence-corrected chi connectivity index (χ1v) is 4.30. The van der Waals surface area contributed by atoms with Gasteiger partial charge in [0.25, 0.3) is 6.43 Å². The molecule has 0 aliphatic rings. The number of nitrogens with zero attached hydrogens (tertiary/aromatic N) is 1. The van der Waals surface area contributed by atoms with Gasteiger partial charge in [0.2, 0.25) is 0 Å². The second-order valence-electron chi connectivity index (χ2n) is 2.82. The van der Waals surface area contributed by atoms with Gasteiger partial charge in [0, 0.05) is 0 Å². The largest absolute Gasteiger partial charge is 0.433 e. The molecule has 1 rings (SSSR count). The molecule has 0 aromatic carbocycles. The fraction of sp³-hybridized carbons (Fsp3) is 0.375. The molecule has 0 fully saturated rings. The topological polar surface area (TPSA) is 33.1 Å². The number of hydrogen-bond acceptors (Lipinski definition) is 2. The number of alkyl halides is 5. The molecule has 0 aliphatic carbocycles. The van der Waals surface area contributed by atoms with E-state index in [2.05, 4.69) is 4.98 Å². The van der Waals surface area contributed by atoms with E-state index in [9.17, 15) is 22.0 Å². The number of aliphatic hydroxyl groups is 1. The molecule has 0 spiro atoms. The third-order valence-electron chi connectivity index (χ3n) is 1.77. The molecule has 90 valence electrons. The molecule has 0 radical (unpaired) electrons. The molecule has 0 aliphatic heterocycles. The molecule has 0 bridgehead atoms. The van der Waals surface area contributed by atoms with E-state index in [-0.39, 0.29) is 0 Å². The number of aliphatic hydroxyl groups excluding tert-OH is 1. The normalized spacial score (nSPS) is 12.2. The number of pyridine rings is 1. The van der Waals surface area contributed by atoms with E-state index in [1.54, 1.807) is 0 Å². The van der Waals surface area contributed by atoms with E-state index < -0.39 is 41.2 Å². The Morgan fingerprint density at radius 2 is 1.94 bits per heavy atom. The van der Waals surface area contributed by atoms with Gasteiger partial charge in [0.05, 0.1) is 12.2 Å². The Kier molecular flexibility index (Phi) is 3.69. The number of aromatic nitrogens is 1. The van der Waals surface area contributed by atoms with Crippen molar-refractivity contribution in [2.24, 2.45) is 0 Å². The molecule has 2 nitrogen and oxygen atoms in total. The first-order valence-electron chi connectivity index (χ1n) is 3.93. The lowest BCUT2D eigenvalue weighted by Gasteiger charge is -2.14. The van der Waals surface area contributed by atoms with Crippen molar-refractivity contribution in [3.63, 3.8) is 0 Å². The van der Waals surface area contributed by atoms with Crippen LogP contribution in [0.15, 0.2) is 6.07 Å². The van der Waals surface area contributed by atoms with Crippen LogP contribution in [0.25, 0.3) is 0 Å². The molecule has 0 saturated heterocycles. The van der Waals surface area contributed by atoms with Crippen molar-refractivity contribution in [3.05, 3.63) is 28.0 Å². The average Bonchev–Trinajstić information content (AvgIpc) is 2.14. The van der Waals surface area contributed by atoms with Crippen molar-refractivity contribution < 1.29 is 27.1 Å². The second-order valence-corrected chi connectivity index (χ2v) is 3.21. The van der Waals surface area contributed by atoms with E-state index in [0.29, 0.717) is 0 Å². The van der Waals surface area contributed by atoms with Crippen LogP contribution >= 0.6 is 11.6 Å². The average molecular weight is 262 g/mol. The van der Waals surface area contributed by atoms with Crippen LogP contribution in [0.4, 0.5) is 22.0 Å². The van der Waals surface area contributed by atoms with Gasteiger partial charge in [-0.2, -0.15) is 13.2 Å². The summed E-state index contributed by atoms with van der Waals surface area (Å²) in [5.74, 6) is 0. The first kappa shape index (κ1) is 13.1. The summed E-state index contributed by atoms with van der Waals surface area (Å²) in [6, 6.07) is 0.776. The number of rotatable bonds is 2. The van der Waals surface area contributed by atoms with Gasteiger partial charge in [-0.05, 0) is 11.6 Å². The van der Waals surface area contributed by atoms with Crippen molar-refractivity contribution >= 4 is 11.6 Å². The molecule has 1 aromatic heterocycles. The molecule has 8 heteroatoms. The highest BCUT2D eigenvalue weighted by atomic mass is 35.5. The zero-order valence-corrected chi connectivity index (χ0v) is 8.28. The third kappa shape index (κ3) is 2.59. The highest BCUT2D eigenvalue weighted by Crippen LogP contribution is 2.37. The van der Waals surface area contributed by atoms with Crippen molar-refractivity contribution in [1.29, 1.82) is 0 Å². The highest BCUT2D eigenvalue weighted by molar-refractivity contribution is 6.29. The van der Waals surface area contributed by atoms with Gasteiger partial charge in [-0.3, -0.25) is 0 Å². The van der Waals surface area contributed by atoms with Crippen LogP contribution in [-0.4, -0.2) is 10.1 Å². The summed E-state index contributed by atoms with van der Waals surface area (Å²) in [4.78, 5) is 2.82. The highest BCUT2D eigenvalue weighted by Gasteiger charge is 2.39. The number of halogens is 6. The maximum atomic E-state index is 12.4. The Bertz CT molecular complexity index is 393. The first-order chi connectivity index (χ1) is 7.27. The Morgan fingerprint density at radius 1 is 1.38 bits per heavy atom. The summed E-state index contributed by atoms with van der Waals surface area (Å²) < 4.78 is 62.0. The molecule has 0 atom stereocenters. The van der Waals surface area contributed by atoms with Gasteiger partial charge in [0.15, 0.2) is 5.69 Å². The monoisotopic (exact) mass is 261 g/mol. The van der Waals surface area contributed by atoms with Crippen LogP contribution in [0.2, 0.25) is 5.15 Å². The smallest absolute Gasteiger partial charge is 0.392 e. The molecular weight excluding hydrogens is 257 g/mol. The SMILES string of the molecule is OCc1cc(Cl)nc(C(F)(F)F)c1C(F)F. The van der Waals surface area contributed by atoms with Crippen molar-refractivity contribution in [3.8, 4) is 0 Å². The van der Waals surface area contributed by atoms with E-state index >= 15 is 0 Å². The second kappa shape index (κ2) is 4.50. The van der Waals surface area contributed by atoms with Gasteiger partial charge in [-0.1, -0.05) is 11.6 Å². The van der Waals surface area contributed by atoms with Crippen LogP contribution in [-0.2, 0) is 12.8 Å². The minimum Gasteiger partial charge on any atom is -0.392 e. The van der Waals surface area contributed by atoms with Crippen molar-refractivity contribution in [2.75, 3.05) is 0 Å². The molecular formula is C8H5ClF5NO. The van der Waals surface area contributed by atoms with Crippen molar-refractivity contribution in [1.82, 2.24) is 4.98 Å². The van der Waals surface area contributed by atoms with E-state index in [1.165, 1.54) is 0 Å². The maximum Gasteiger partial charge on any atom is 0.433 e. The molecule has 1 N–H and O–H groups in total. The lowest BCUT2D eigenvalue weighted by Crippen LogP contribution is -2.15. The standard InChI is InChI=1S/C8H5ClF5NO/c9-4-1-3(2-16)5(7(10)11)6(15-4)8(12,13)14/h1,7,16H,2H2. The number of hydrogen-bond donors (Lipinski definition) is 1. The summed E-state index contributed by atoms with van der Waals surface area (Å²) in [7, 11) is 0. The molecule has 1 aromatic rings. The molecule has 0 amide bonds. The Hall–Kier alpha value is -0.950. The van der Waals surface area contributed by atoms with Gasteiger partial charge >= 0.3 is 6.18 Å². The van der Waals surface area contributed by atoms with Crippen LogP contribution < -0.4 is 0 Å². The summed E-state index contributed by atoms with van der Waals surface area (Å²) in [5.41, 5.74) is -3.68. The van der Waals surface area contributed by atoms with Crippen LogP contribution in [0.5, 0.6) is 0 Å². The Balaban J connectivity index is 3.51. The van der Waals surface area contributed by atoms with Gasteiger partial charge in [0.1, 0.15) is 5.15 Å². The molecule has 0 saturated carbocycles. The predicted molar refractivity (Wildman–Crippen MR) is 45.1 cm³/mol. The zero-order valence-electron chi connectivity index (χ0n) is 7.52. The lowest BCUT2D eigenvalue weighted by molar-refractivity contribution is -0.143. The van der Waals surface area contributed by atoms with Gasteiger partial charge in [-0.25, -0.2) is 13.8 Å². The summed E-state index contributed by atoms with van der Waals surface area (Å²) in [6.07, 6.45) is -8.43. The molecule has 1 heterocycles. The molecule has 16 heavy (non-hydrogen) atoms. The van der Waals surface area contributed by atoms with Gasteiger partial charge < -0.3 is 5.11 Å². The summed E-state index contributed by atoms with van der Waals surface area (Å²) in [6.45, 7) is -0.967. The summed E-state index contributed by atoms with van der Waals surface area (Å²) in [5, 5.41) is 8.10. The quantitative estimate of drug-likeness (QED) is 0.655. The van der Waals surface area contributed by atoms with Crippen LogP contribution in [0.3, 0.4) is 0 Å². The van der Waals surface area contributed by atoms with Crippen LogP contribution in [0, 0.1) is 0 Å². The maximum absolute atomic E-state index is 12.4. The zero-order chi connectivity index (χ0) is 12.5. The Labute approximate surface area is 91.7 Å². The van der Waals surface area contributed by atoms with Crippen molar-refractivity contribution in [2.45, 2.75) is 19.2 Å².